The van der Waals surface area contributed by atoms with E-state index in [1.807, 2.05) is 33.8 Å². The highest BCUT2D eigenvalue weighted by Crippen LogP contribution is 2.15. The van der Waals surface area contributed by atoms with Crippen LogP contribution in [-0.2, 0) is 4.74 Å². The van der Waals surface area contributed by atoms with E-state index in [9.17, 15) is 9.59 Å². The van der Waals surface area contributed by atoms with E-state index < -0.39 is 5.60 Å². The summed E-state index contributed by atoms with van der Waals surface area (Å²) in [6.45, 7) is 9.80. The molecule has 0 spiro atoms. The Labute approximate surface area is 131 Å². The first-order chi connectivity index (χ1) is 10.3. The predicted molar refractivity (Wildman–Crippen MR) is 84.0 cm³/mol. The van der Waals surface area contributed by atoms with Crippen LogP contribution >= 0.6 is 0 Å². The highest BCUT2D eigenvalue weighted by atomic mass is 16.6. The Morgan fingerprint density at radius 3 is 2.64 bits per heavy atom. The van der Waals surface area contributed by atoms with Gasteiger partial charge in [-0.1, -0.05) is 0 Å². The fraction of sp³-hybridized carbons (Fsp3) is 0.625. The van der Waals surface area contributed by atoms with Gasteiger partial charge >= 0.3 is 6.09 Å². The Morgan fingerprint density at radius 2 is 2.09 bits per heavy atom. The van der Waals surface area contributed by atoms with Crippen molar-refractivity contribution in [2.45, 2.75) is 39.3 Å². The number of rotatable bonds is 3. The first-order valence-electron chi connectivity index (χ1n) is 7.65. The number of hydrogen-bond donors (Lipinski definition) is 1. The molecule has 0 radical (unpaired) electrons. The van der Waals surface area contributed by atoms with Gasteiger partial charge < -0.3 is 14.6 Å². The van der Waals surface area contributed by atoms with E-state index in [-0.39, 0.29) is 17.9 Å². The zero-order chi connectivity index (χ0) is 16.3. The molecule has 122 valence electrons. The maximum absolute atomic E-state index is 12.1. The summed E-state index contributed by atoms with van der Waals surface area (Å²) in [4.78, 5) is 31.0. The molecule has 1 aromatic rings. The van der Waals surface area contributed by atoms with Crippen LogP contribution in [0.15, 0.2) is 18.3 Å². The molecular weight excluding hydrogens is 282 g/mol. The molecule has 1 saturated heterocycles. The zero-order valence-electron chi connectivity index (χ0n) is 13.8. The van der Waals surface area contributed by atoms with Crippen LogP contribution in [0.2, 0.25) is 0 Å². The second kappa shape index (κ2) is 6.52. The van der Waals surface area contributed by atoms with Crippen LogP contribution in [0.25, 0.3) is 0 Å². The maximum Gasteiger partial charge on any atom is 0.410 e. The summed E-state index contributed by atoms with van der Waals surface area (Å²) >= 11 is 0. The average Bonchev–Trinajstić information content (AvgIpc) is 2.93. The van der Waals surface area contributed by atoms with Crippen LogP contribution < -0.4 is 0 Å². The number of carbonyl (C=O) groups excluding carboxylic acids is 2. The van der Waals surface area contributed by atoms with E-state index in [0.29, 0.717) is 31.9 Å². The molecule has 1 N–H and O–H groups in total. The number of Topliss-reactive ketones (excluding diaryl/α,β-unsaturated/α-hetero) is 1. The van der Waals surface area contributed by atoms with Crippen LogP contribution in [0.5, 0.6) is 0 Å². The van der Waals surface area contributed by atoms with E-state index in [1.54, 1.807) is 17.2 Å². The van der Waals surface area contributed by atoms with Crippen molar-refractivity contribution in [3.8, 4) is 0 Å². The molecule has 1 atom stereocenters. The summed E-state index contributed by atoms with van der Waals surface area (Å²) in [7, 11) is 0. The van der Waals surface area contributed by atoms with Gasteiger partial charge in [-0.25, -0.2) is 4.79 Å². The third kappa shape index (κ3) is 4.34. The molecule has 22 heavy (non-hydrogen) atoms. The van der Waals surface area contributed by atoms with Crippen molar-refractivity contribution in [2.75, 3.05) is 26.2 Å². The van der Waals surface area contributed by atoms with E-state index in [0.717, 1.165) is 0 Å². The van der Waals surface area contributed by atoms with Crippen LogP contribution in [0.1, 0.15) is 38.2 Å². The molecule has 1 aliphatic rings. The number of hydrogen-bond acceptors (Lipinski definition) is 4. The van der Waals surface area contributed by atoms with Crippen LogP contribution in [0, 0.1) is 0 Å². The molecule has 1 aromatic heterocycles. The van der Waals surface area contributed by atoms with Gasteiger partial charge in [0, 0.05) is 31.9 Å². The predicted octanol–water partition coefficient (Wildman–Crippen LogP) is 2.14. The van der Waals surface area contributed by atoms with E-state index >= 15 is 0 Å². The van der Waals surface area contributed by atoms with Gasteiger partial charge in [-0.3, -0.25) is 9.69 Å². The van der Waals surface area contributed by atoms with Gasteiger partial charge in [0.2, 0.25) is 0 Å². The summed E-state index contributed by atoms with van der Waals surface area (Å²) in [5.74, 6) is 0.0718. The van der Waals surface area contributed by atoms with Crippen molar-refractivity contribution in [2.24, 2.45) is 0 Å². The molecule has 1 unspecified atom stereocenters. The van der Waals surface area contributed by atoms with Gasteiger partial charge in [-0.2, -0.15) is 0 Å². The standard InChI is InChI=1S/C16H25N3O3/c1-12-10-19(15(21)22-16(2,3)4)9-8-18(12)11-14(20)13-6-5-7-17-13/h5-7,12,17H,8-11H2,1-4H3. The molecule has 0 saturated carbocycles. The molecule has 1 aliphatic heterocycles. The van der Waals surface area contributed by atoms with Gasteiger partial charge in [0.15, 0.2) is 5.78 Å². The lowest BCUT2D eigenvalue weighted by Crippen LogP contribution is -2.55. The minimum Gasteiger partial charge on any atom is -0.444 e. The molecule has 1 fully saturated rings. The SMILES string of the molecule is CC1CN(C(=O)OC(C)(C)C)CCN1CC(=O)c1ccc[nH]1. The zero-order valence-corrected chi connectivity index (χ0v) is 13.8. The Morgan fingerprint density at radius 1 is 1.36 bits per heavy atom. The second-order valence-electron chi connectivity index (χ2n) is 6.75. The highest BCUT2D eigenvalue weighted by Gasteiger charge is 2.30. The monoisotopic (exact) mass is 307 g/mol. The number of piperazine rings is 1. The number of carbonyl (C=O) groups is 2. The molecule has 0 aliphatic carbocycles. The summed E-state index contributed by atoms with van der Waals surface area (Å²) in [5, 5.41) is 0. The Kier molecular flexibility index (Phi) is 4.90. The van der Waals surface area contributed by atoms with E-state index in [2.05, 4.69) is 9.88 Å². The first kappa shape index (κ1) is 16.5. The van der Waals surface area contributed by atoms with Gasteiger partial charge in [0.05, 0.1) is 12.2 Å². The molecule has 2 heterocycles. The molecule has 6 nitrogen and oxygen atoms in total. The number of ether oxygens (including phenoxy) is 1. The Hall–Kier alpha value is -1.82. The maximum atomic E-state index is 12.1. The minimum atomic E-state index is -0.485. The van der Waals surface area contributed by atoms with E-state index in [4.69, 9.17) is 4.74 Å². The normalized spacial score (nSPS) is 20.0. The van der Waals surface area contributed by atoms with E-state index in [1.165, 1.54) is 0 Å². The molecule has 1 amide bonds. The second-order valence-corrected chi connectivity index (χ2v) is 6.75. The van der Waals surface area contributed by atoms with Crippen molar-refractivity contribution in [3.63, 3.8) is 0 Å². The minimum absolute atomic E-state index is 0.0718. The van der Waals surface area contributed by atoms with Crippen molar-refractivity contribution in [1.29, 1.82) is 0 Å². The first-order valence-corrected chi connectivity index (χ1v) is 7.65. The van der Waals surface area contributed by atoms with Crippen LogP contribution in [-0.4, -0.2) is 64.5 Å². The quantitative estimate of drug-likeness (QED) is 0.869. The summed E-state index contributed by atoms with van der Waals surface area (Å²) in [6, 6.07) is 3.72. The van der Waals surface area contributed by atoms with Gasteiger partial charge in [0.1, 0.15) is 5.60 Å². The Balaban J connectivity index is 1.87. The van der Waals surface area contributed by atoms with Crippen molar-refractivity contribution < 1.29 is 14.3 Å². The number of aromatic nitrogens is 1. The molecular formula is C16H25N3O3. The molecule has 0 bridgehead atoms. The summed E-state index contributed by atoms with van der Waals surface area (Å²) in [5.41, 5.74) is 0.142. The lowest BCUT2D eigenvalue weighted by molar-refractivity contribution is 0.00656. The van der Waals surface area contributed by atoms with Crippen molar-refractivity contribution in [1.82, 2.24) is 14.8 Å². The number of nitrogens with one attached hydrogen (secondary N) is 1. The lowest BCUT2D eigenvalue weighted by Gasteiger charge is -2.39. The summed E-state index contributed by atoms with van der Waals surface area (Å²) in [6.07, 6.45) is 1.46. The van der Waals surface area contributed by atoms with Crippen molar-refractivity contribution in [3.05, 3.63) is 24.0 Å². The Bertz CT molecular complexity index is 519. The third-order valence-electron chi connectivity index (χ3n) is 3.66. The fourth-order valence-electron chi connectivity index (χ4n) is 2.50. The number of amides is 1. The van der Waals surface area contributed by atoms with Gasteiger partial charge in [0.25, 0.3) is 0 Å². The average molecular weight is 307 g/mol. The van der Waals surface area contributed by atoms with Gasteiger partial charge in [-0.05, 0) is 39.8 Å². The third-order valence-corrected chi connectivity index (χ3v) is 3.66. The van der Waals surface area contributed by atoms with Crippen LogP contribution in [0.3, 0.4) is 0 Å². The number of aromatic amines is 1. The fourth-order valence-corrected chi connectivity index (χ4v) is 2.50. The smallest absolute Gasteiger partial charge is 0.410 e. The summed E-state index contributed by atoms with van der Waals surface area (Å²) < 4.78 is 5.40. The molecule has 6 heteroatoms. The molecule has 2 rings (SSSR count). The number of ketones is 1. The van der Waals surface area contributed by atoms with Gasteiger partial charge in [-0.15, -0.1) is 0 Å². The number of nitrogens with zero attached hydrogens (tertiary/aromatic N) is 2. The highest BCUT2D eigenvalue weighted by molar-refractivity contribution is 5.95. The lowest BCUT2D eigenvalue weighted by atomic mass is 10.1. The van der Waals surface area contributed by atoms with Crippen LogP contribution in [0.4, 0.5) is 4.79 Å². The number of H-pyrrole nitrogens is 1. The largest absolute Gasteiger partial charge is 0.444 e. The molecule has 0 aromatic carbocycles. The van der Waals surface area contributed by atoms with Crippen molar-refractivity contribution >= 4 is 11.9 Å². The topological polar surface area (TPSA) is 65.6 Å².